The number of anilines is 1. The molecule has 0 radical (unpaired) electrons. The molecule has 2 saturated heterocycles. The van der Waals surface area contributed by atoms with Crippen LogP contribution in [0.25, 0.3) is 16.9 Å². The van der Waals surface area contributed by atoms with Gasteiger partial charge in [-0.3, -0.25) is 19.4 Å². The van der Waals surface area contributed by atoms with Crippen LogP contribution in [0.2, 0.25) is 0 Å². The number of thioether (sulfide) groups is 1. The van der Waals surface area contributed by atoms with E-state index >= 15 is 0 Å². The number of carbonyl (C=O) groups excluding carboxylic acids is 1. The third-order valence-electron chi connectivity index (χ3n) is 8.19. The Hall–Kier alpha value is -4.25. The molecule has 0 unspecified atom stereocenters. The lowest BCUT2D eigenvalue weighted by Gasteiger charge is -2.42. The summed E-state index contributed by atoms with van der Waals surface area (Å²) < 4.78 is 40.2. The van der Waals surface area contributed by atoms with Crippen molar-refractivity contribution in [1.82, 2.24) is 45.2 Å². The molecule has 7 rings (SSSR count). The number of hydrazine groups is 2. The van der Waals surface area contributed by atoms with Gasteiger partial charge in [-0.1, -0.05) is 0 Å². The Morgan fingerprint density at radius 2 is 2.09 bits per heavy atom. The number of likely N-dealkylation sites (tertiary alicyclic amines) is 1. The minimum absolute atomic E-state index is 0.0490. The molecule has 1 amide bonds. The summed E-state index contributed by atoms with van der Waals surface area (Å²) in [6.45, 7) is 0.973. The molecule has 0 aliphatic carbocycles. The van der Waals surface area contributed by atoms with E-state index in [4.69, 9.17) is 14.6 Å². The zero-order chi connectivity index (χ0) is 30.9. The van der Waals surface area contributed by atoms with Crippen molar-refractivity contribution < 1.29 is 23.0 Å². The molecular formula is C29H32F2N10O3S. The molecular weight excluding hydrogens is 606 g/mol. The Bertz CT molecular complexity index is 1720. The van der Waals surface area contributed by atoms with E-state index in [1.807, 2.05) is 12.5 Å². The summed E-state index contributed by atoms with van der Waals surface area (Å²) >= 11 is 1.45. The lowest BCUT2D eigenvalue weighted by Crippen LogP contribution is -2.55. The van der Waals surface area contributed by atoms with Gasteiger partial charge in [-0.15, -0.1) is 17.3 Å². The molecule has 3 aromatic heterocycles. The van der Waals surface area contributed by atoms with Crippen molar-refractivity contribution in [1.29, 1.82) is 0 Å². The minimum atomic E-state index is -3.03. The van der Waals surface area contributed by atoms with Gasteiger partial charge in [0, 0.05) is 54.4 Å². The smallest absolute Gasteiger partial charge is 0.387 e. The highest BCUT2D eigenvalue weighted by Crippen LogP contribution is 2.38. The summed E-state index contributed by atoms with van der Waals surface area (Å²) in [5, 5.41) is 13.9. The number of halogens is 2. The number of nitrogens with zero attached hydrogens (tertiary/aromatic N) is 7. The van der Waals surface area contributed by atoms with Crippen LogP contribution in [0.15, 0.2) is 65.8 Å². The van der Waals surface area contributed by atoms with E-state index in [0.717, 1.165) is 49.7 Å². The molecule has 45 heavy (non-hydrogen) atoms. The van der Waals surface area contributed by atoms with Crippen LogP contribution < -0.4 is 21.0 Å². The van der Waals surface area contributed by atoms with Gasteiger partial charge in [-0.25, -0.2) is 9.50 Å². The number of alkyl halides is 2. The number of benzene rings is 1. The Balaban J connectivity index is 1.15. The molecule has 0 saturated carbocycles. The summed E-state index contributed by atoms with van der Waals surface area (Å²) in [5.74, 6) is -0.514. The number of aromatic nitrogens is 5. The second kappa shape index (κ2) is 12.6. The lowest BCUT2D eigenvalue weighted by molar-refractivity contribution is -0.0760. The molecule has 3 aliphatic rings. The number of carbonyl (C=O) groups is 1. The van der Waals surface area contributed by atoms with Gasteiger partial charge in [0.2, 0.25) is 0 Å². The first-order valence-corrected chi connectivity index (χ1v) is 15.8. The summed E-state index contributed by atoms with van der Waals surface area (Å²) in [7, 11) is 0. The predicted octanol–water partition coefficient (Wildman–Crippen LogP) is 3.20. The standard InChI is InChI=1S/C29H32F2N10O3S/c1-45-21-3-4-25(44-29(30)31)22(11-21)26-24(34-28(42)23-12-33-40-8-2-7-32-27(23)40)15-39(36-26)13-18-14-41(37-35-18)19-5-9-38(10-6-19)20-16-43-17-20/h2-4,7-8,11-12,14-15,19-20,29,35,37H,5-6,9-10,13,16-17H2,1H3,(H,34,42). The number of allylic oxidation sites excluding steroid dienone is 1. The molecule has 2 fully saturated rings. The van der Waals surface area contributed by atoms with E-state index in [9.17, 15) is 13.6 Å². The number of hydrogen-bond donors (Lipinski definition) is 3. The van der Waals surface area contributed by atoms with Gasteiger partial charge in [0.15, 0.2) is 5.65 Å². The Labute approximate surface area is 261 Å². The van der Waals surface area contributed by atoms with Crippen LogP contribution in [0.4, 0.5) is 14.5 Å². The molecule has 1 aromatic carbocycles. The number of hydrogen-bond acceptors (Lipinski definition) is 11. The Kier molecular flexibility index (Phi) is 8.27. The van der Waals surface area contributed by atoms with Crippen molar-refractivity contribution in [2.24, 2.45) is 0 Å². The van der Waals surface area contributed by atoms with Crippen molar-refractivity contribution in [2.45, 2.75) is 43.0 Å². The first-order chi connectivity index (χ1) is 21.9. The second-order valence-corrected chi connectivity index (χ2v) is 11.9. The summed E-state index contributed by atoms with van der Waals surface area (Å²) in [4.78, 5) is 21.1. The van der Waals surface area contributed by atoms with Crippen molar-refractivity contribution in [3.63, 3.8) is 0 Å². The molecule has 3 aliphatic heterocycles. The van der Waals surface area contributed by atoms with E-state index in [1.54, 1.807) is 41.5 Å². The highest BCUT2D eigenvalue weighted by Gasteiger charge is 2.32. The zero-order valence-corrected chi connectivity index (χ0v) is 25.2. The average Bonchev–Trinajstić information content (AvgIpc) is 3.76. The third kappa shape index (κ3) is 6.18. The number of nitrogens with one attached hydrogen (secondary N) is 3. The third-order valence-corrected chi connectivity index (χ3v) is 8.92. The van der Waals surface area contributed by atoms with E-state index in [1.165, 1.54) is 28.5 Å². The monoisotopic (exact) mass is 638 g/mol. The maximum atomic E-state index is 13.5. The van der Waals surface area contributed by atoms with Crippen LogP contribution in [-0.2, 0) is 11.3 Å². The van der Waals surface area contributed by atoms with Crippen LogP contribution in [0.3, 0.4) is 0 Å². The molecule has 3 N–H and O–H groups in total. The van der Waals surface area contributed by atoms with Crippen molar-refractivity contribution in [2.75, 3.05) is 37.9 Å². The fourth-order valence-corrected chi connectivity index (χ4v) is 6.21. The van der Waals surface area contributed by atoms with Gasteiger partial charge < -0.3 is 20.2 Å². The number of amides is 1. The quantitative estimate of drug-likeness (QED) is 0.222. The van der Waals surface area contributed by atoms with Crippen LogP contribution in [0, 0.1) is 0 Å². The largest absolute Gasteiger partial charge is 0.434 e. The van der Waals surface area contributed by atoms with Crippen molar-refractivity contribution in [3.05, 3.63) is 66.5 Å². The van der Waals surface area contributed by atoms with E-state index in [-0.39, 0.29) is 17.0 Å². The molecule has 6 heterocycles. The van der Waals surface area contributed by atoms with Gasteiger partial charge in [0.25, 0.3) is 5.91 Å². The number of piperidine rings is 1. The van der Waals surface area contributed by atoms with E-state index in [0.29, 0.717) is 35.5 Å². The number of ether oxygens (including phenoxy) is 2. The topological polar surface area (TPSA) is 126 Å². The fourth-order valence-electron chi connectivity index (χ4n) is 5.77. The fraction of sp³-hybridized carbons (Fsp3) is 0.379. The van der Waals surface area contributed by atoms with Crippen molar-refractivity contribution in [3.8, 4) is 17.0 Å². The Morgan fingerprint density at radius 1 is 1.24 bits per heavy atom. The minimum Gasteiger partial charge on any atom is -0.434 e. The predicted molar refractivity (Wildman–Crippen MR) is 162 cm³/mol. The van der Waals surface area contributed by atoms with E-state index in [2.05, 4.69) is 36.3 Å². The normalized spacial score (nSPS) is 17.9. The molecule has 13 nitrogen and oxygen atoms in total. The van der Waals surface area contributed by atoms with Crippen LogP contribution in [-0.4, -0.2) is 91.4 Å². The maximum absolute atomic E-state index is 13.5. The molecule has 236 valence electrons. The Morgan fingerprint density at radius 3 is 2.84 bits per heavy atom. The SMILES string of the molecule is CSc1ccc(OC(F)F)c(-c2nn(CC3=CN(C4CCN(C5COC5)CC4)NN3)cc2NC(=O)c2cnn3cccnc23)c1. The van der Waals surface area contributed by atoms with Gasteiger partial charge in [0.1, 0.15) is 17.0 Å². The van der Waals surface area contributed by atoms with E-state index < -0.39 is 12.5 Å². The number of rotatable bonds is 10. The highest BCUT2D eigenvalue weighted by atomic mass is 32.2. The molecule has 16 heteroatoms. The summed E-state index contributed by atoms with van der Waals surface area (Å²) in [6.07, 6.45) is 12.3. The van der Waals surface area contributed by atoms with Gasteiger partial charge in [0.05, 0.1) is 43.4 Å². The summed E-state index contributed by atoms with van der Waals surface area (Å²) in [6, 6.07) is 7.49. The van der Waals surface area contributed by atoms with Gasteiger partial charge in [-0.2, -0.15) is 19.0 Å². The van der Waals surface area contributed by atoms with Crippen LogP contribution in [0.5, 0.6) is 5.75 Å². The van der Waals surface area contributed by atoms with Crippen LogP contribution in [0.1, 0.15) is 23.2 Å². The highest BCUT2D eigenvalue weighted by molar-refractivity contribution is 7.98. The number of fused-ring (bicyclic) bond motifs is 1. The molecule has 0 atom stereocenters. The molecule has 4 aromatic rings. The first-order valence-electron chi connectivity index (χ1n) is 14.6. The van der Waals surface area contributed by atoms with Crippen LogP contribution >= 0.6 is 11.8 Å². The lowest BCUT2D eigenvalue weighted by atomic mass is 10.0. The van der Waals surface area contributed by atoms with Gasteiger partial charge >= 0.3 is 6.61 Å². The average molecular weight is 639 g/mol. The summed E-state index contributed by atoms with van der Waals surface area (Å²) in [5.41, 5.74) is 8.90. The van der Waals surface area contributed by atoms with Crippen molar-refractivity contribution >= 4 is 29.0 Å². The molecule has 0 bridgehead atoms. The first kappa shape index (κ1) is 29.5. The molecule has 0 spiro atoms. The zero-order valence-electron chi connectivity index (χ0n) is 24.4. The maximum Gasteiger partial charge on any atom is 0.387 e. The van der Waals surface area contributed by atoms with Gasteiger partial charge in [-0.05, 0) is 43.4 Å². The second-order valence-electron chi connectivity index (χ2n) is 11.0.